The van der Waals surface area contributed by atoms with Crippen molar-refractivity contribution < 1.29 is 24.6 Å². The summed E-state index contributed by atoms with van der Waals surface area (Å²) in [6.07, 6.45) is 2.56. The van der Waals surface area contributed by atoms with E-state index in [0.717, 1.165) is 17.7 Å². The maximum Gasteiger partial charge on any atom is 2.00 e. The van der Waals surface area contributed by atoms with Crippen molar-refractivity contribution in [2.24, 2.45) is 0 Å². The van der Waals surface area contributed by atoms with E-state index < -0.39 is 0 Å². The second-order valence-electron chi connectivity index (χ2n) is 4.22. The zero-order valence-electron chi connectivity index (χ0n) is 15.4. The molecule has 1 fully saturated rings. The van der Waals surface area contributed by atoms with Gasteiger partial charge >= 0.3 is 46.1 Å². The summed E-state index contributed by atoms with van der Waals surface area (Å²) in [7, 11) is 0. The minimum absolute atomic E-state index is 0. The molecule has 0 aromatic heterocycles. The molecule has 1 aliphatic heterocycles. The zero-order chi connectivity index (χ0) is 16.4. The molecule has 25 heavy (non-hydrogen) atoms. The topological polar surface area (TPSA) is 9.23 Å². The Morgan fingerprint density at radius 3 is 1.76 bits per heavy atom. The molecular formula is C16H16Br2Cl4Mg2O. The normalized spacial score (nSPS) is 11.2. The van der Waals surface area contributed by atoms with Crippen LogP contribution in [0.2, 0.25) is 20.1 Å². The predicted molar refractivity (Wildman–Crippen MR) is 113 cm³/mol. The Morgan fingerprint density at radius 2 is 1.44 bits per heavy atom. The van der Waals surface area contributed by atoms with Crippen LogP contribution in [0.1, 0.15) is 15.7 Å². The Labute approximate surface area is 223 Å². The fraction of sp³-hybridized carbons (Fsp3) is 0.250. The summed E-state index contributed by atoms with van der Waals surface area (Å²) in [6, 6.07) is 13.2. The van der Waals surface area contributed by atoms with Crippen molar-refractivity contribution in [1.29, 1.82) is 0 Å². The van der Waals surface area contributed by atoms with Crippen LogP contribution in [0.4, 0.5) is 0 Å². The molecule has 1 heterocycles. The van der Waals surface area contributed by atoms with Gasteiger partial charge in [0, 0.05) is 17.7 Å². The second-order valence-corrected chi connectivity index (χ2v) is 6.76. The molecule has 0 spiro atoms. The Kier molecular flexibility index (Phi) is 24.6. The first-order valence-electron chi connectivity index (χ1n) is 6.50. The summed E-state index contributed by atoms with van der Waals surface area (Å²) in [5.74, 6) is 0. The maximum atomic E-state index is 5.65. The van der Waals surface area contributed by atoms with Gasteiger partial charge in [-0.05, 0) is 31.0 Å². The molecule has 0 bridgehead atoms. The number of hydrogen-bond acceptors (Lipinski definition) is 1. The largest absolute Gasteiger partial charge is 2.00 e. The standard InChI is InChI=1S/C6H3BrCl2.C6H3Cl2.C4H8O.BrH.2Mg.2H/c7-4-1-2-5(8)6(9)3-4;7-5-3-1-2-4-6(5)8;1-2-4-5-3-1;;;;;/h1-3H;1,3-4H;1-4H2;1H;;;;/q;-1;;;2*+2;2*-1/p-1. The molecule has 1 nitrogen and oxygen atoms in total. The van der Waals surface area contributed by atoms with Crippen LogP contribution in [0.3, 0.4) is 0 Å². The van der Waals surface area contributed by atoms with Gasteiger partial charge in [0.15, 0.2) is 0 Å². The second kappa shape index (κ2) is 19.4. The van der Waals surface area contributed by atoms with Gasteiger partial charge in [-0.25, -0.2) is 0 Å². The van der Waals surface area contributed by atoms with E-state index >= 15 is 0 Å². The van der Waals surface area contributed by atoms with Gasteiger partial charge in [-0.15, -0.1) is 11.6 Å². The smallest absolute Gasteiger partial charge is 1.00 e. The SMILES string of the molecule is C1CCOC1.Clc1c[c-]ccc1Cl.Clc1ccc(Br)cc1Cl.[Br-].[H-].[H-].[Mg+2].[Mg+2]. The molecule has 0 saturated carbocycles. The molecule has 0 atom stereocenters. The molecule has 132 valence electrons. The maximum absolute atomic E-state index is 5.65. The Hall–Kier alpha value is 2.05. The number of halogens is 6. The van der Waals surface area contributed by atoms with Gasteiger partial charge in [-0.3, -0.25) is 0 Å². The molecule has 2 aromatic rings. The predicted octanol–water partition coefficient (Wildman–Crippen LogP) is 3.81. The average Bonchev–Trinajstić information content (AvgIpc) is 3.07. The third kappa shape index (κ3) is 15.6. The molecule has 2 aromatic carbocycles. The van der Waals surface area contributed by atoms with E-state index in [1.165, 1.54) is 12.8 Å². The fourth-order valence-electron chi connectivity index (χ4n) is 1.37. The van der Waals surface area contributed by atoms with Gasteiger partial charge in [0.05, 0.1) is 10.0 Å². The van der Waals surface area contributed by atoms with Crippen LogP contribution in [0.25, 0.3) is 0 Å². The Morgan fingerprint density at radius 1 is 0.880 bits per heavy atom. The molecule has 0 unspecified atom stereocenters. The zero-order valence-corrected chi connectivity index (χ0v) is 22.4. The van der Waals surface area contributed by atoms with Gasteiger partial charge in [0.2, 0.25) is 0 Å². The minimum atomic E-state index is 0. The molecule has 0 radical (unpaired) electrons. The first-order valence-corrected chi connectivity index (χ1v) is 8.80. The molecule has 1 aliphatic rings. The van der Waals surface area contributed by atoms with Gasteiger partial charge in [0.1, 0.15) is 0 Å². The van der Waals surface area contributed by atoms with E-state index in [-0.39, 0.29) is 65.9 Å². The summed E-state index contributed by atoms with van der Waals surface area (Å²) < 4.78 is 5.89. The monoisotopic (exact) mass is 570 g/mol. The summed E-state index contributed by atoms with van der Waals surface area (Å²) in [6.45, 7) is 2.00. The van der Waals surface area contributed by atoms with E-state index in [2.05, 4.69) is 22.0 Å². The summed E-state index contributed by atoms with van der Waals surface area (Å²) in [4.78, 5) is 0. The fourth-order valence-corrected chi connectivity index (χ4v) is 2.41. The summed E-state index contributed by atoms with van der Waals surface area (Å²) >= 11 is 25.6. The number of ether oxygens (including phenoxy) is 1. The van der Waals surface area contributed by atoms with E-state index in [1.807, 2.05) is 6.07 Å². The van der Waals surface area contributed by atoms with Crippen molar-refractivity contribution in [2.45, 2.75) is 12.8 Å². The molecule has 0 amide bonds. The molecule has 1 saturated heterocycles. The minimum Gasteiger partial charge on any atom is -1.00 e. The molecule has 9 heteroatoms. The van der Waals surface area contributed by atoms with Crippen molar-refractivity contribution in [1.82, 2.24) is 0 Å². The number of rotatable bonds is 0. The van der Waals surface area contributed by atoms with Gasteiger partial charge in [-0.1, -0.05) is 49.2 Å². The van der Waals surface area contributed by atoms with Crippen LogP contribution in [-0.2, 0) is 4.74 Å². The Bertz CT molecular complexity index is 569. The summed E-state index contributed by atoms with van der Waals surface area (Å²) in [5, 5.41) is 2.28. The van der Waals surface area contributed by atoms with Gasteiger partial charge in [-0.2, -0.15) is 35.9 Å². The average molecular weight is 575 g/mol. The van der Waals surface area contributed by atoms with E-state index in [0.29, 0.717) is 20.1 Å². The number of benzene rings is 2. The first-order chi connectivity index (χ1) is 10.5. The van der Waals surface area contributed by atoms with Crippen molar-refractivity contribution in [3.8, 4) is 0 Å². The van der Waals surface area contributed by atoms with Crippen molar-refractivity contribution in [3.05, 3.63) is 67.0 Å². The third-order valence-corrected chi connectivity index (χ3v) is 4.44. The van der Waals surface area contributed by atoms with E-state index in [1.54, 1.807) is 30.3 Å². The van der Waals surface area contributed by atoms with Crippen LogP contribution in [0.15, 0.2) is 40.9 Å². The first kappa shape index (κ1) is 31.7. The van der Waals surface area contributed by atoms with Crippen molar-refractivity contribution in [2.75, 3.05) is 13.2 Å². The van der Waals surface area contributed by atoms with E-state index in [4.69, 9.17) is 51.1 Å². The van der Waals surface area contributed by atoms with E-state index in [9.17, 15) is 0 Å². The van der Waals surface area contributed by atoms with Crippen LogP contribution in [0.5, 0.6) is 0 Å². The summed E-state index contributed by atoms with van der Waals surface area (Å²) in [5.41, 5.74) is 0. The number of hydrogen-bond donors (Lipinski definition) is 0. The Balaban J connectivity index is -0.0000000842. The quantitative estimate of drug-likeness (QED) is 0.264. The molecule has 0 aliphatic carbocycles. The van der Waals surface area contributed by atoms with Crippen LogP contribution in [-0.4, -0.2) is 59.3 Å². The van der Waals surface area contributed by atoms with Crippen molar-refractivity contribution >= 4 is 108 Å². The van der Waals surface area contributed by atoms with Crippen molar-refractivity contribution in [3.63, 3.8) is 0 Å². The van der Waals surface area contributed by atoms with Crippen LogP contribution in [0, 0.1) is 6.07 Å². The van der Waals surface area contributed by atoms with Crippen LogP contribution < -0.4 is 17.0 Å². The molecule has 3 rings (SSSR count). The molecular weight excluding hydrogens is 558 g/mol. The van der Waals surface area contributed by atoms with Crippen LogP contribution >= 0.6 is 62.3 Å². The van der Waals surface area contributed by atoms with Gasteiger partial charge in [0.25, 0.3) is 0 Å². The molecule has 0 N–H and O–H groups in total. The van der Waals surface area contributed by atoms with Gasteiger partial charge < -0.3 is 24.6 Å². The third-order valence-electron chi connectivity index (χ3n) is 2.47.